The van der Waals surface area contributed by atoms with Crippen molar-refractivity contribution < 1.29 is 5.11 Å². The number of aliphatic hydroxyl groups excluding tert-OH is 1. The molecule has 25 heavy (non-hydrogen) atoms. The van der Waals surface area contributed by atoms with Crippen LogP contribution in [0.15, 0.2) is 42.1 Å². The maximum absolute atomic E-state index is 10.8. The number of allylic oxidation sites excluding steroid dienone is 4. The zero-order chi connectivity index (χ0) is 17.4. The van der Waals surface area contributed by atoms with Gasteiger partial charge in [0, 0.05) is 25.3 Å². The van der Waals surface area contributed by atoms with Crippen molar-refractivity contribution in [2.45, 2.75) is 36.7 Å². The summed E-state index contributed by atoms with van der Waals surface area (Å²) in [6, 6.07) is 5.83. The first-order valence-electron chi connectivity index (χ1n) is 8.72. The topological polar surface area (TPSA) is 26.7 Å². The van der Waals surface area contributed by atoms with Gasteiger partial charge in [-0.15, -0.1) is 0 Å². The summed E-state index contributed by atoms with van der Waals surface area (Å²) in [4.78, 5) is 2.41. The molecule has 2 atom stereocenters. The molecular formula is C19H22Cl2N2OS. The van der Waals surface area contributed by atoms with Crippen LogP contribution < -0.4 is 0 Å². The molecule has 2 heterocycles. The number of β-amino-alcohol motifs (C(OH)–C–C–N with tert-alkyl or cyclic N) is 1. The van der Waals surface area contributed by atoms with Gasteiger partial charge in [0.1, 0.15) is 0 Å². The molecule has 1 aromatic carbocycles. The van der Waals surface area contributed by atoms with Crippen LogP contribution in [-0.4, -0.2) is 44.8 Å². The summed E-state index contributed by atoms with van der Waals surface area (Å²) in [5.41, 5.74) is 2.51. The summed E-state index contributed by atoms with van der Waals surface area (Å²) >= 11 is 14.0. The molecule has 2 saturated heterocycles. The molecule has 134 valence electrons. The third-order valence-corrected chi connectivity index (χ3v) is 7.59. The smallest absolute Gasteiger partial charge is 0.0901 e. The molecule has 1 spiro atoms. The first kappa shape index (κ1) is 17.7. The van der Waals surface area contributed by atoms with Crippen LogP contribution in [0.3, 0.4) is 0 Å². The first-order valence-corrected chi connectivity index (χ1v) is 10.3. The highest BCUT2D eigenvalue weighted by Gasteiger charge is 2.51. The Balaban J connectivity index is 1.43. The van der Waals surface area contributed by atoms with Gasteiger partial charge in [0.15, 0.2) is 0 Å². The van der Waals surface area contributed by atoms with E-state index in [4.69, 9.17) is 23.2 Å². The van der Waals surface area contributed by atoms with E-state index in [1.165, 1.54) is 11.3 Å². The fourth-order valence-electron chi connectivity index (χ4n) is 3.88. The highest BCUT2D eigenvalue weighted by molar-refractivity contribution is 7.98. The number of benzene rings is 1. The molecule has 0 radical (unpaired) electrons. The average molecular weight is 397 g/mol. The zero-order valence-electron chi connectivity index (χ0n) is 14.0. The Hall–Kier alpha value is -0.650. The molecule has 1 aliphatic carbocycles. The van der Waals surface area contributed by atoms with Gasteiger partial charge in [0.25, 0.3) is 0 Å². The van der Waals surface area contributed by atoms with Gasteiger partial charge in [-0.25, -0.2) is 0 Å². The largest absolute Gasteiger partial charge is 0.390 e. The number of halogens is 2. The minimum Gasteiger partial charge on any atom is -0.390 e. The normalized spacial score (nSPS) is 29.6. The Morgan fingerprint density at radius 2 is 2.16 bits per heavy atom. The van der Waals surface area contributed by atoms with Crippen molar-refractivity contribution in [3.05, 3.63) is 57.7 Å². The minimum absolute atomic E-state index is 0.0851. The number of aliphatic hydroxyl groups is 1. The molecule has 3 aliphatic rings. The molecule has 2 aliphatic heterocycles. The van der Waals surface area contributed by atoms with E-state index in [2.05, 4.69) is 27.4 Å². The van der Waals surface area contributed by atoms with Gasteiger partial charge < -0.3 is 9.41 Å². The Kier molecular flexibility index (Phi) is 5.09. The van der Waals surface area contributed by atoms with E-state index in [1.54, 1.807) is 0 Å². The minimum atomic E-state index is -0.289. The monoisotopic (exact) mass is 396 g/mol. The van der Waals surface area contributed by atoms with Gasteiger partial charge in [-0.1, -0.05) is 41.4 Å². The number of hydrogen-bond donors (Lipinski definition) is 1. The fraction of sp³-hybridized carbons (Fsp3) is 0.474. The van der Waals surface area contributed by atoms with E-state index >= 15 is 0 Å². The standard InChI is InChI=1S/C19H22Cl2N2OS/c20-16-7-6-14(10-17(16)21)11-22-9-8-19(13-22)18(24)12-23(25-19)15-4-2-1-3-5-15/h1-2,4,6-7,10,18,24H,3,5,8-9,11-13H2/t18-,19+/m0/s1. The highest BCUT2D eigenvalue weighted by Crippen LogP contribution is 2.48. The molecule has 0 unspecified atom stereocenters. The second-order valence-corrected chi connectivity index (χ2v) is 9.32. The van der Waals surface area contributed by atoms with Crippen LogP contribution in [0.1, 0.15) is 24.8 Å². The van der Waals surface area contributed by atoms with Crippen molar-refractivity contribution in [2.75, 3.05) is 19.6 Å². The van der Waals surface area contributed by atoms with E-state index in [0.717, 1.165) is 45.4 Å². The second kappa shape index (κ2) is 7.16. The first-order chi connectivity index (χ1) is 12.1. The Morgan fingerprint density at radius 1 is 1.28 bits per heavy atom. The van der Waals surface area contributed by atoms with Gasteiger partial charge in [-0.05, 0) is 55.0 Å². The second-order valence-electron chi connectivity index (χ2n) is 7.07. The number of rotatable bonds is 3. The highest BCUT2D eigenvalue weighted by atomic mass is 35.5. The van der Waals surface area contributed by atoms with Gasteiger partial charge in [0.2, 0.25) is 0 Å². The number of likely N-dealkylation sites (tertiary alicyclic amines) is 1. The van der Waals surface area contributed by atoms with Crippen LogP contribution in [-0.2, 0) is 6.54 Å². The zero-order valence-corrected chi connectivity index (χ0v) is 16.3. The van der Waals surface area contributed by atoms with Crippen LogP contribution in [0.2, 0.25) is 10.0 Å². The van der Waals surface area contributed by atoms with E-state index < -0.39 is 0 Å². The summed E-state index contributed by atoms with van der Waals surface area (Å²) in [6.45, 7) is 3.47. The SMILES string of the molecule is O[C@H]1CN(C2=CC=CCC2)S[C@@]12CCN(Cc1ccc(Cl)c(Cl)c1)C2. The molecule has 6 heteroatoms. The Bertz CT molecular complexity index is 723. The van der Waals surface area contributed by atoms with Crippen molar-refractivity contribution >= 4 is 35.1 Å². The predicted molar refractivity (Wildman–Crippen MR) is 106 cm³/mol. The predicted octanol–water partition coefficient (Wildman–Crippen LogP) is 4.50. The summed E-state index contributed by atoms with van der Waals surface area (Å²) in [6.07, 6.45) is 9.40. The fourth-order valence-corrected chi connectivity index (χ4v) is 5.74. The molecule has 0 amide bonds. The van der Waals surface area contributed by atoms with Crippen molar-refractivity contribution in [1.29, 1.82) is 0 Å². The van der Waals surface area contributed by atoms with Crippen molar-refractivity contribution in [1.82, 2.24) is 9.21 Å². The van der Waals surface area contributed by atoms with Gasteiger partial charge in [-0.2, -0.15) is 0 Å². The van der Waals surface area contributed by atoms with Crippen LogP contribution in [0, 0.1) is 0 Å². The lowest BCUT2D eigenvalue weighted by Crippen LogP contribution is -2.39. The quantitative estimate of drug-likeness (QED) is 0.760. The Morgan fingerprint density at radius 3 is 2.92 bits per heavy atom. The molecule has 0 aromatic heterocycles. The Labute approximate surface area is 163 Å². The summed E-state index contributed by atoms with van der Waals surface area (Å²) in [7, 11) is 0. The third-order valence-electron chi connectivity index (χ3n) is 5.28. The van der Waals surface area contributed by atoms with Gasteiger partial charge in [-0.3, -0.25) is 4.90 Å². The van der Waals surface area contributed by atoms with Crippen LogP contribution >= 0.6 is 35.1 Å². The van der Waals surface area contributed by atoms with Crippen molar-refractivity contribution in [3.8, 4) is 0 Å². The summed E-state index contributed by atoms with van der Waals surface area (Å²) in [5, 5.41) is 12.0. The van der Waals surface area contributed by atoms with Crippen molar-refractivity contribution in [2.24, 2.45) is 0 Å². The lowest BCUT2D eigenvalue weighted by atomic mass is 10.0. The lowest BCUT2D eigenvalue weighted by Gasteiger charge is -2.27. The average Bonchev–Trinajstić information content (AvgIpc) is 3.16. The molecule has 4 rings (SSSR count). The van der Waals surface area contributed by atoms with Crippen molar-refractivity contribution in [3.63, 3.8) is 0 Å². The lowest BCUT2D eigenvalue weighted by molar-refractivity contribution is 0.131. The van der Waals surface area contributed by atoms with Crippen LogP contribution in [0.5, 0.6) is 0 Å². The summed E-state index contributed by atoms with van der Waals surface area (Å²) in [5.74, 6) is 0. The van der Waals surface area contributed by atoms with E-state index in [1.807, 2.05) is 30.1 Å². The molecule has 0 saturated carbocycles. The number of nitrogens with zero attached hydrogens (tertiary/aromatic N) is 2. The molecule has 1 aromatic rings. The van der Waals surface area contributed by atoms with Gasteiger partial charge in [0.05, 0.1) is 27.4 Å². The van der Waals surface area contributed by atoms with Gasteiger partial charge >= 0.3 is 0 Å². The van der Waals surface area contributed by atoms with E-state index in [0.29, 0.717) is 10.0 Å². The molecular weight excluding hydrogens is 375 g/mol. The maximum Gasteiger partial charge on any atom is 0.0901 e. The van der Waals surface area contributed by atoms with Crippen LogP contribution in [0.4, 0.5) is 0 Å². The molecule has 0 bridgehead atoms. The molecule has 2 fully saturated rings. The summed E-state index contributed by atoms with van der Waals surface area (Å²) < 4.78 is 2.23. The van der Waals surface area contributed by atoms with E-state index in [-0.39, 0.29) is 10.9 Å². The molecule has 3 nitrogen and oxygen atoms in total. The maximum atomic E-state index is 10.8. The number of hydrogen-bond acceptors (Lipinski definition) is 4. The third kappa shape index (κ3) is 3.60. The molecule has 1 N–H and O–H groups in total. The van der Waals surface area contributed by atoms with E-state index in [9.17, 15) is 5.11 Å². The van der Waals surface area contributed by atoms with Crippen LogP contribution in [0.25, 0.3) is 0 Å².